The van der Waals surface area contributed by atoms with Gasteiger partial charge in [0, 0.05) is 9.50 Å². The SMILES string of the molecule is Cc1cc(N)c(NC(=O)c2cc(Cl)ccc2F)c(Br)c1. The summed E-state index contributed by atoms with van der Waals surface area (Å²) in [6, 6.07) is 7.31. The number of hydrogen-bond donors (Lipinski definition) is 2. The maximum atomic E-state index is 13.6. The fourth-order valence-corrected chi connectivity index (χ4v) is 2.61. The van der Waals surface area contributed by atoms with Crippen molar-refractivity contribution in [1.29, 1.82) is 0 Å². The Hall–Kier alpha value is -1.59. The summed E-state index contributed by atoms with van der Waals surface area (Å²) in [6.45, 7) is 1.88. The van der Waals surface area contributed by atoms with Crippen molar-refractivity contribution in [2.24, 2.45) is 0 Å². The van der Waals surface area contributed by atoms with Gasteiger partial charge in [-0.15, -0.1) is 0 Å². The summed E-state index contributed by atoms with van der Waals surface area (Å²) in [6.07, 6.45) is 0. The smallest absolute Gasteiger partial charge is 0.258 e. The highest BCUT2D eigenvalue weighted by molar-refractivity contribution is 9.10. The standard InChI is InChI=1S/C14H11BrClFN2O/c1-7-4-10(15)13(12(18)5-7)19-14(20)9-6-8(16)2-3-11(9)17/h2-6H,18H2,1H3,(H,19,20). The predicted octanol–water partition coefficient (Wildman–Crippen LogP) is 4.38. The summed E-state index contributed by atoms with van der Waals surface area (Å²) in [5.74, 6) is -1.25. The van der Waals surface area contributed by atoms with Gasteiger partial charge < -0.3 is 11.1 Å². The zero-order valence-electron chi connectivity index (χ0n) is 10.5. The lowest BCUT2D eigenvalue weighted by atomic mass is 10.1. The van der Waals surface area contributed by atoms with Gasteiger partial charge in [0.15, 0.2) is 0 Å². The molecule has 2 aromatic rings. The maximum Gasteiger partial charge on any atom is 0.258 e. The molecule has 0 heterocycles. The van der Waals surface area contributed by atoms with Gasteiger partial charge in [0.1, 0.15) is 5.82 Å². The van der Waals surface area contributed by atoms with E-state index in [-0.39, 0.29) is 10.6 Å². The van der Waals surface area contributed by atoms with E-state index in [1.54, 1.807) is 12.1 Å². The number of nitrogen functional groups attached to an aromatic ring is 1. The third-order valence-electron chi connectivity index (χ3n) is 2.68. The molecule has 0 bridgehead atoms. The second kappa shape index (κ2) is 5.81. The van der Waals surface area contributed by atoms with Crippen molar-refractivity contribution in [1.82, 2.24) is 0 Å². The maximum absolute atomic E-state index is 13.6. The normalized spacial score (nSPS) is 10.4. The number of aryl methyl sites for hydroxylation is 1. The monoisotopic (exact) mass is 356 g/mol. The van der Waals surface area contributed by atoms with Crippen LogP contribution in [0.15, 0.2) is 34.8 Å². The van der Waals surface area contributed by atoms with Gasteiger partial charge in [0.25, 0.3) is 5.91 Å². The number of rotatable bonds is 2. The van der Waals surface area contributed by atoms with E-state index < -0.39 is 11.7 Å². The van der Waals surface area contributed by atoms with Crippen LogP contribution in [0.2, 0.25) is 5.02 Å². The highest BCUT2D eigenvalue weighted by Gasteiger charge is 2.15. The summed E-state index contributed by atoms with van der Waals surface area (Å²) in [5.41, 5.74) is 7.46. The first-order valence-electron chi connectivity index (χ1n) is 5.70. The van der Waals surface area contributed by atoms with Crippen LogP contribution in [0.3, 0.4) is 0 Å². The van der Waals surface area contributed by atoms with Gasteiger partial charge >= 0.3 is 0 Å². The van der Waals surface area contributed by atoms with Gasteiger partial charge in [-0.25, -0.2) is 4.39 Å². The van der Waals surface area contributed by atoms with Crippen LogP contribution >= 0.6 is 27.5 Å². The summed E-state index contributed by atoms with van der Waals surface area (Å²) >= 11 is 9.08. The second-order valence-corrected chi connectivity index (χ2v) is 5.58. The number of amides is 1. The summed E-state index contributed by atoms with van der Waals surface area (Å²) in [7, 11) is 0. The number of benzene rings is 2. The fourth-order valence-electron chi connectivity index (χ4n) is 1.75. The Balaban J connectivity index is 2.35. The molecule has 20 heavy (non-hydrogen) atoms. The molecule has 104 valence electrons. The lowest BCUT2D eigenvalue weighted by Crippen LogP contribution is -2.15. The number of carbonyl (C=O) groups is 1. The molecule has 0 atom stereocenters. The largest absolute Gasteiger partial charge is 0.397 e. The first-order valence-corrected chi connectivity index (χ1v) is 6.87. The topological polar surface area (TPSA) is 55.1 Å². The van der Waals surface area contributed by atoms with Crippen molar-refractivity contribution in [3.05, 3.63) is 56.8 Å². The van der Waals surface area contributed by atoms with Crippen molar-refractivity contribution >= 4 is 44.8 Å². The molecule has 3 nitrogen and oxygen atoms in total. The first-order chi connectivity index (χ1) is 9.38. The molecule has 0 unspecified atom stereocenters. The Morgan fingerprint density at radius 3 is 2.70 bits per heavy atom. The van der Waals surface area contributed by atoms with Crippen LogP contribution in [-0.2, 0) is 0 Å². The zero-order valence-corrected chi connectivity index (χ0v) is 12.8. The van der Waals surface area contributed by atoms with E-state index >= 15 is 0 Å². The summed E-state index contributed by atoms with van der Waals surface area (Å²) in [4.78, 5) is 12.1. The number of hydrogen-bond acceptors (Lipinski definition) is 2. The van der Waals surface area contributed by atoms with Crippen molar-refractivity contribution in [2.45, 2.75) is 6.92 Å². The number of carbonyl (C=O) groups excluding carboxylic acids is 1. The van der Waals surface area contributed by atoms with Crippen LogP contribution in [0.5, 0.6) is 0 Å². The molecule has 0 fully saturated rings. The van der Waals surface area contributed by atoms with Crippen LogP contribution in [0.25, 0.3) is 0 Å². The molecule has 0 aromatic heterocycles. The second-order valence-electron chi connectivity index (χ2n) is 4.29. The fraction of sp³-hybridized carbons (Fsp3) is 0.0714. The van der Waals surface area contributed by atoms with Crippen LogP contribution in [0.1, 0.15) is 15.9 Å². The minimum atomic E-state index is -0.645. The average molecular weight is 358 g/mol. The molecule has 1 amide bonds. The van der Waals surface area contributed by atoms with E-state index in [0.29, 0.717) is 15.8 Å². The molecular weight excluding hydrogens is 347 g/mol. The molecule has 0 radical (unpaired) electrons. The quantitative estimate of drug-likeness (QED) is 0.783. The van der Waals surface area contributed by atoms with E-state index in [4.69, 9.17) is 17.3 Å². The Kier molecular flexibility index (Phi) is 4.30. The predicted molar refractivity (Wildman–Crippen MR) is 82.7 cm³/mol. The Morgan fingerprint density at radius 1 is 1.35 bits per heavy atom. The van der Waals surface area contributed by atoms with Gasteiger partial charge in [-0.1, -0.05) is 11.6 Å². The van der Waals surface area contributed by atoms with E-state index in [2.05, 4.69) is 21.2 Å². The molecule has 6 heteroatoms. The van der Waals surface area contributed by atoms with Gasteiger partial charge in [0.2, 0.25) is 0 Å². The Labute approximate surface area is 129 Å². The molecule has 2 aromatic carbocycles. The Morgan fingerprint density at radius 2 is 2.05 bits per heavy atom. The van der Waals surface area contributed by atoms with Crippen LogP contribution in [-0.4, -0.2) is 5.91 Å². The van der Waals surface area contributed by atoms with Crippen LogP contribution < -0.4 is 11.1 Å². The Bertz CT molecular complexity index is 668. The summed E-state index contributed by atoms with van der Waals surface area (Å²) in [5, 5.41) is 2.87. The van der Waals surface area contributed by atoms with E-state index in [9.17, 15) is 9.18 Å². The number of nitrogens with two attached hydrogens (primary N) is 1. The van der Waals surface area contributed by atoms with Crippen molar-refractivity contribution < 1.29 is 9.18 Å². The summed E-state index contributed by atoms with van der Waals surface area (Å²) < 4.78 is 14.3. The molecule has 0 aliphatic rings. The third kappa shape index (κ3) is 3.11. The van der Waals surface area contributed by atoms with E-state index in [0.717, 1.165) is 11.6 Å². The van der Waals surface area contributed by atoms with Crippen LogP contribution in [0.4, 0.5) is 15.8 Å². The number of anilines is 2. The van der Waals surface area contributed by atoms with Gasteiger partial charge in [-0.3, -0.25) is 4.79 Å². The average Bonchev–Trinajstić information content (AvgIpc) is 2.36. The lowest BCUT2D eigenvalue weighted by molar-refractivity contribution is 0.102. The molecule has 0 saturated heterocycles. The molecule has 0 spiro atoms. The van der Waals surface area contributed by atoms with Crippen LogP contribution in [0, 0.1) is 12.7 Å². The highest BCUT2D eigenvalue weighted by atomic mass is 79.9. The first kappa shape index (κ1) is 14.8. The van der Waals surface area contributed by atoms with Gasteiger partial charge in [-0.2, -0.15) is 0 Å². The van der Waals surface area contributed by atoms with Crippen molar-refractivity contribution in [2.75, 3.05) is 11.1 Å². The third-order valence-corrected chi connectivity index (χ3v) is 3.54. The van der Waals surface area contributed by atoms with Crippen molar-refractivity contribution in [3.63, 3.8) is 0 Å². The molecular formula is C14H11BrClFN2O. The molecule has 0 saturated carbocycles. The molecule has 0 aliphatic carbocycles. The zero-order chi connectivity index (χ0) is 14.9. The number of nitrogens with one attached hydrogen (secondary N) is 1. The number of halogens is 3. The van der Waals surface area contributed by atoms with E-state index in [1.807, 2.05) is 6.92 Å². The minimum absolute atomic E-state index is 0.135. The van der Waals surface area contributed by atoms with Gasteiger partial charge in [-0.05, 0) is 58.7 Å². The molecule has 2 rings (SSSR count). The lowest BCUT2D eigenvalue weighted by Gasteiger charge is -2.12. The highest BCUT2D eigenvalue weighted by Crippen LogP contribution is 2.31. The minimum Gasteiger partial charge on any atom is -0.397 e. The van der Waals surface area contributed by atoms with Gasteiger partial charge in [0.05, 0.1) is 16.9 Å². The van der Waals surface area contributed by atoms with E-state index in [1.165, 1.54) is 12.1 Å². The molecule has 0 aliphatic heterocycles. The molecule has 3 N–H and O–H groups in total. The van der Waals surface area contributed by atoms with Crippen molar-refractivity contribution in [3.8, 4) is 0 Å².